The van der Waals surface area contributed by atoms with E-state index in [-0.39, 0.29) is 5.54 Å². The third-order valence-corrected chi connectivity index (χ3v) is 5.12. The van der Waals surface area contributed by atoms with Gasteiger partial charge in [0.25, 0.3) is 0 Å². The second-order valence-electron chi connectivity index (χ2n) is 7.24. The Morgan fingerprint density at radius 1 is 1.13 bits per heavy atom. The smallest absolute Gasteiger partial charge is 0.191 e. The van der Waals surface area contributed by atoms with E-state index in [1.807, 2.05) is 7.05 Å². The molecule has 0 amide bonds. The fourth-order valence-electron chi connectivity index (χ4n) is 3.35. The lowest BCUT2D eigenvalue weighted by Gasteiger charge is -2.41. The Morgan fingerprint density at radius 2 is 1.74 bits per heavy atom. The minimum absolute atomic E-state index is 0.169. The van der Waals surface area contributed by atoms with Crippen molar-refractivity contribution < 1.29 is 0 Å². The van der Waals surface area contributed by atoms with Crippen LogP contribution in [0.5, 0.6) is 0 Å². The first-order valence-corrected chi connectivity index (χ1v) is 9.38. The first-order valence-electron chi connectivity index (χ1n) is 9.38. The van der Waals surface area contributed by atoms with Gasteiger partial charge in [0.05, 0.1) is 0 Å². The number of hydrogen-bond donors (Lipinski definition) is 2. The van der Waals surface area contributed by atoms with Crippen LogP contribution in [-0.4, -0.2) is 73.7 Å². The van der Waals surface area contributed by atoms with Gasteiger partial charge in [-0.15, -0.1) is 0 Å². The molecule has 5 nitrogen and oxygen atoms in total. The van der Waals surface area contributed by atoms with Gasteiger partial charge in [0.15, 0.2) is 5.96 Å². The highest BCUT2D eigenvalue weighted by atomic mass is 15.3. The first kappa shape index (κ1) is 20.2. The van der Waals surface area contributed by atoms with Crippen molar-refractivity contribution in [1.82, 2.24) is 20.4 Å². The van der Waals surface area contributed by atoms with Crippen molar-refractivity contribution in [3.8, 4) is 0 Å². The molecular formula is C18H39N5. The Bertz CT molecular complexity index is 343. The van der Waals surface area contributed by atoms with Crippen LogP contribution in [0.25, 0.3) is 0 Å². The second-order valence-corrected chi connectivity index (χ2v) is 7.24. The van der Waals surface area contributed by atoms with Gasteiger partial charge in [0.1, 0.15) is 0 Å². The highest BCUT2D eigenvalue weighted by Gasteiger charge is 2.27. The fourth-order valence-corrected chi connectivity index (χ4v) is 3.35. The van der Waals surface area contributed by atoms with Crippen LogP contribution in [0.1, 0.15) is 53.9 Å². The SMILES string of the molecule is CCN(CC)C(C)CNC(=NC)NCC(C)(C)N1CCCCC1. The zero-order valence-electron chi connectivity index (χ0n) is 16.3. The summed E-state index contributed by atoms with van der Waals surface area (Å²) in [7, 11) is 1.85. The standard InChI is InChI=1S/C18H39N5/c1-7-22(8-2)16(3)14-20-17(19-6)21-15-18(4,5)23-12-10-9-11-13-23/h16H,7-15H2,1-6H3,(H2,19,20,21). The van der Waals surface area contributed by atoms with Crippen molar-refractivity contribution in [1.29, 1.82) is 0 Å². The van der Waals surface area contributed by atoms with Crippen LogP contribution >= 0.6 is 0 Å². The summed E-state index contributed by atoms with van der Waals surface area (Å²) in [5.74, 6) is 0.911. The summed E-state index contributed by atoms with van der Waals surface area (Å²) in [4.78, 5) is 9.44. The second kappa shape index (κ2) is 10.1. The number of aliphatic imine (C=N–C) groups is 1. The van der Waals surface area contributed by atoms with Gasteiger partial charge < -0.3 is 10.6 Å². The summed E-state index contributed by atoms with van der Waals surface area (Å²) in [6, 6.07) is 0.513. The summed E-state index contributed by atoms with van der Waals surface area (Å²) in [5.41, 5.74) is 0.169. The van der Waals surface area contributed by atoms with Gasteiger partial charge >= 0.3 is 0 Å². The Hall–Kier alpha value is -0.810. The number of guanidine groups is 1. The number of likely N-dealkylation sites (tertiary alicyclic amines) is 1. The molecular weight excluding hydrogens is 286 g/mol. The molecule has 0 saturated carbocycles. The lowest BCUT2D eigenvalue weighted by molar-refractivity contribution is 0.0982. The van der Waals surface area contributed by atoms with Crippen molar-refractivity contribution in [2.75, 3.05) is 46.3 Å². The summed E-state index contributed by atoms with van der Waals surface area (Å²) in [6.45, 7) is 17.8. The lowest BCUT2D eigenvalue weighted by Crippen LogP contribution is -2.55. The van der Waals surface area contributed by atoms with Gasteiger partial charge in [-0.25, -0.2) is 0 Å². The molecule has 0 bridgehead atoms. The molecule has 1 rings (SSSR count). The zero-order chi connectivity index (χ0) is 17.3. The third-order valence-electron chi connectivity index (χ3n) is 5.12. The molecule has 0 aromatic carbocycles. The van der Waals surface area contributed by atoms with Crippen molar-refractivity contribution in [2.24, 2.45) is 4.99 Å². The number of likely N-dealkylation sites (N-methyl/N-ethyl adjacent to an activating group) is 1. The van der Waals surface area contributed by atoms with Crippen LogP contribution in [0, 0.1) is 0 Å². The van der Waals surface area contributed by atoms with E-state index in [0.29, 0.717) is 6.04 Å². The molecule has 1 atom stereocenters. The molecule has 1 heterocycles. The first-order chi connectivity index (χ1) is 10.9. The molecule has 1 aliphatic rings. The zero-order valence-corrected chi connectivity index (χ0v) is 16.3. The number of piperidine rings is 1. The molecule has 1 aliphatic heterocycles. The third kappa shape index (κ3) is 6.68. The molecule has 1 unspecified atom stereocenters. The lowest BCUT2D eigenvalue weighted by atomic mass is 9.98. The largest absolute Gasteiger partial charge is 0.355 e. The van der Waals surface area contributed by atoms with Crippen LogP contribution in [0.2, 0.25) is 0 Å². The van der Waals surface area contributed by atoms with Gasteiger partial charge in [-0.05, 0) is 59.8 Å². The highest BCUT2D eigenvalue weighted by molar-refractivity contribution is 5.79. The van der Waals surface area contributed by atoms with Crippen molar-refractivity contribution in [2.45, 2.75) is 65.5 Å². The van der Waals surface area contributed by atoms with E-state index in [2.05, 4.69) is 60.0 Å². The van der Waals surface area contributed by atoms with Crippen molar-refractivity contribution >= 4 is 5.96 Å². The fraction of sp³-hybridized carbons (Fsp3) is 0.944. The average molecular weight is 326 g/mol. The van der Waals surface area contributed by atoms with Gasteiger partial charge in [-0.2, -0.15) is 0 Å². The van der Waals surface area contributed by atoms with Crippen LogP contribution < -0.4 is 10.6 Å². The maximum absolute atomic E-state index is 4.38. The minimum atomic E-state index is 0.169. The van der Waals surface area contributed by atoms with E-state index in [0.717, 1.165) is 32.1 Å². The van der Waals surface area contributed by atoms with Crippen LogP contribution in [-0.2, 0) is 0 Å². The summed E-state index contributed by atoms with van der Waals surface area (Å²) >= 11 is 0. The van der Waals surface area contributed by atoms with E-state index in [9.17, 15) is 0 Å². The maximum Gasteiger partial charge on any atom is 0.191 e. The molecule has 0 aromatic heterocycles. The Balaban J connectivity index is 2.41. The van der Waals surface area contributed by atoms with E-state index >= 15 is 0 Å². The summed E-state index contributed by atoms with van der Waals surface area (Å²) in [5, 5.41) is 6.99. The molecule has 23 heavy (non-hydrogen) atoms. The molecule has 0 spiro atoms. The monoisotopic (exact) mass is 325 g/mol. The molecule has 0 radical (unpaired) electrons. The molecule has 1 saturated heterocycles. The van der Waals surface area contributed by atoms with Gasteiger partial charge in [-0.1, -0.05) is 20.3 Å². The van der Waals surface area contributed by atoms with Crippen LogP contribution in [0.3, 0.4) is 0 Å². The number of nitrogens with zero attached hydrogens (tertiary/aromatic N) is 3. The van der Waals surface area contributed by atoms with E-state index in [4.69, 9.17) is 0 Å². The molecule has 136 valence electrons. The molecule has 2 N–H and O–H groups in total. The Kier molecular flexibility index (Phi) is 8.92. The maximum atomic E-state index is 4.38. The van der Waals surface area contributed by atoms with Gasteiger partial charge in [0.2, 0.25) is 0 Å². The van der Waals surface area contributed by atoms with E-state index in [1.54, 1.807) is 0 Å². The molecule has 0 aliphatic carbocycles. The van der Waals surface area contributed by atoms with Crippen LogP contribution in [0.4, 0.5) is 0 Å². The van der Waals surface area contributed by atoms with Crippen LogP contribution in [0.15, 0.2) is 4.99 Å². The highest BCUT2D eigenvalue weighted by Crippen LogP contribution is 2.19. The summed E-state index contributed by atoms with van der Waals surface area (Å²) in [6.07, 6.45) is 4.04. The number of nitrogens with one attached hydrogen (secondary N) is 2. The minimum Gasteiger partial charge on any atom is -0.355 e. The normalized spacial score (nSPS) is 19.0. The van der Waals surface area contributed by atoms with Crippen molar-refractivity contribution in [3.05, 3.63) is 0 Å². The van der Waals surface area contributed by atoms with E-state index in [1.165, 1.54) is 32.4 Å². The number of rotatable bonds is 8. The van der Waals surface area contributed by atoms with Crippen molar-refractivity contribution in [3.63, 3.8) is 0 Å². The molecule has 5 heteroatoms. The molecule has 0 aromatic rings. The molecule has 1 fully saturated rings. The predicted octanol–water partition coefficient (Wildman–Crippen LogP) is 2.15. The van der Waals surface area contributed by atoms with E-state index < -0.39 is 0 Å². The summed E-state index contributed by atoms with van der Waals surface area (Å²) < 4.78 is 0. The Labute approximate surface area is 143 Å². The number of hydrogen-bond acceptors (Lipinski definition) is 3. The Morgan fingerprint density at radius 3 is 2.26 bits per heavy atom. The quantitative estimate of drug-likeness (QED) is 0.530. The topological polar surface area (TPSA) is 42.9 Å². The van der Waals surface area contributed by atoms with Gasteiger partial charge in [-0.3, -0.25) is 14.8 Å². The van der Waals surface area contributed by atoms with Gasteiger partial charge in [0, 0.05) is 31.7 Å². The predicted molar refractivity (Wildman–Crippen MR) is 101 cm³/mol. The average Bonchev–Trinajstić information content (AvgIpc) is 2.57.